The first-order valence-corrected chi connectivity index (χ1v) is 8.63. The zero-order valence-electron chi connectivity index (χ0n) is 15.9. The van der Waals surface area contributed by atoms with Crippen LogP contribution in [-0.4, -0.2) is 25.5 Å². The number of ketones is 1. The first kappa shape index (κ1) is 21.2. The third-order valence-electron chi connectivity index (χ3n) is 3.59. The first-order chi connectivity index (χ1) is 12.6. The number of carbonyl (C=O) groups is 2. The van der Waals surface area contributed by atoms with E-state index in [0.717, 1.165) is 10.8 Å². The molecule has 0 N–H and O–H groups in total. The summed E-state index contributed by atoms with van der Waals surface area (Å²) in [6.45, 7) is 9.90. The molecule has 0 atom stereocenters. The van der Waals surface area contributed by atoms with Crippen LogP contribution >= 0.6 is 0 Å². The predicted octanol–water partition coefficient (Wildman–Crippen LogP) is 5.12. The van der Waals surface area contributed by atoms with Crippen molar-refractivity contribution >= 4 is 22.5 Å². The Labute approximate surface area is 155 Å². The maximum atomic E-state index is 12.8. The van der Waals surface area contributed by atoms with Crippen LogP contribution in [0.1, 0.15) is 37.6 Å². The van der Waals surface area contributed by atoms with Crippen molar-refractivity contribution in [1.82, 2.24) is 0 Å². The number of methoxy groups -OCH3 is 1. The summed E-state index contributed by atoms with van der Waals surface area (Å²) in [5.74, 6) is -0.313. The van der Waals surface area contributed by atoms with Gasteiger partial charge in [0.15, 0.2) is 5.78 Å². The molecule has 0 saturated carbocycles. The van der Waals surface area contributed by atoms with Crippen molar-refractivity contribution in [2.24, 2.45) is 0 Å². The SMILES string of the molecule is C=C(CC(=O)c1c(OC/C=C\C)ccc2ccccc12)C(=O)OC.CC. The molecule has 0 heterocycles. The van der Waals surface area contributed by atoms with Crippen molar-refractivity contribution in [3.63, 3.8) is 0 Å². The van der Waals surface area contributed by atoms with Crippen LogP contribution in [0.3, 0.4) is 0 Å². The second-order valence-corrected chi connectivity index (χ2v) is 5.23. The molecular formula is C22H26O4. The zero-order chi connectivity index (χ0) is 19.5. The van der Waals surface area contributed by atoms with Gasteiger partial charge in [0.2, 0.25) is 0 Å². The lowest BCUT2D eigenvalue weighted by Gasteiger charge is -2.13. The van der Waals surface area contributed by atoms with Crippen LogP contribution in [0.25, 0.3) is 10.8 Å². The van der Waals surface area contributed by atoms with E-state index >= 15 is 0 Å². The van der Waals surface area contributed by atoms with Crippen LogP contribution in [0.15, 0.2) is 60.7 Å². The monoisotopic (exact) mass is 354 g/mol. The summed E-state index contributed by atoms with van der Waals surface area (Å²) < 4.78 is 10.3. The van der Waals surface area contributed by atoms with Gasteiger partial charge in [0.25, 0.3) is 0 Å². The van der Waals surface area contributed by atoms with Crippen LogP contribution in [0, 0.1) is 0 Å². The number of esters is 1. The molecule has 2 rings (SSSR count). The van der Waals surface area contributed by atoms with Crippen LogP contribution in [-0.2, 0) is 9.53 Å². The molecule has 0 radical (unpaired) electrons. The third-order valence-corrected chi connectivity index (χ3v) is 3.59. The molecule has 0 amide bonds. The second-order valence-electron chi connectivity index (χ2n) is 5.23. The molecule has 0 fully saturated rings. The van der Waals surface area contributed by atoms with Crippen LogP contribution < -0.4 is 4.74 Å². The van der Waals surface area contributed by atoms with E-state index in [4.69, 9.17) is 4.74 Å². The highest BCUT2D eigenvalue weighted by molar-refractivity contribution is 6.13. The van der Waals surface area contributed by atoms with Gasteiger partial charge in [0.05, 0.1) is 12.7 Å². The molecular weight excluding hydrogens is 328 g/mol. The van der Waals surface area contributed by atoms with Gasteiger partial charge >= 0.3 is 5.97 Å². The summed E-state index contributed by atoms with van der Waals surface area (Å²) in [6.07, 6.45) is 3.62. The number of hydrogen-bond donors (Lipinski definition) is 0. The van der Waals surface area contributed by atoms with Gasteiger partial charge < -0.3 is 9.47 Å². The number of carbonyl (C=O) groups excluding carboxylic acids is 2. The van der Waals surface area contributed by atoms with Gasteiger partial charge in [-0.15, -0.1) is 0 Å². The molecule has 0 aromatic heterocycles. The van der Waals surface area contributed by atoms with Gasteiger partial charge in [-0.2, -0.15) is 0 Å². The van der Waals surface area contributed by atoms with Gasteiger partial charge in [-0.05, 0) is 23.8 Å². The molecule has 0 bridgehead atoms. The zero-order valence-corrected chi connectivity index (χ0v) is 15.9. The highest BCUT2D eigenvalue weighted by atomic mass is 16.5. The number of fused-ring (bicyclic) bond motifs is 1. The quantitative estimate of drug-likeness (QED) is 0.300. The van der Waals surface area contributed by atoms with E-state index < -0.39 is 5.97 Å². The fourth-order valence-electron chi connectivity index (χ4n) is 2.39. The van der Waals surface area contributed by atoms with Crippen molar-refractivity contribution < 1.29 is 19.1 Å². The van der Waals surface area contributed by atoms with Gasteiger partial charge in [-0.1, -0.05) is 62.9 Å². The van der Waals surface area contributed by atoms with E-state index in [9.17, 15) is 9.59 Å². The molecule has 4 nitrogen and oxygen atoms in total. The van der Waals surface area contributed by atoms with Crippen molar-refractivity contribution in [2.75, 3.05) is 13.7 Å². The Morgan fingerprint density at radius 2 is 1.81 bits per heavy atom. The fraction of sp³-hybridized carbons (Fsp3) is 0.273. The van der Waals surface area contributed by atoms with Gasteiger partial charge in [0, 0.05) is 12.0 Å². The molecule has 138 valence electrons. The second kappa shape index (κ2) is 10.9. The molecule has 0 aliphatic rings. The van der Waals surface area contributed by atoms with Crippen molar-refractivity contribution in [3.05, 3.63) is 66.3 Å². The summed E-state index contributed by atoms with van der Waals surface area (Å²) >= 11 is 0. The van der Waals surface area contributed by atoms with E-state index in [1.54, 1.807) is 6.07 Å². The smallest absolute Gasteiger partial charge is 0.333 e. The molecule has 0 aliphatic carbocycles. The number of rotatable bonds is 7. The van der Waals surface area contributed by atoms with Crippen molar-refractivity contribution in [2.45, 2.75) is 27.2 Å². The Morgan fingerprint density at radius 1 is 1.12 bits per heavy atom. The maximum absolute atomic E-state index is 12.8. The minimum atomic E-state index is -0.583. The van der Waals surface area contributed by atoms with Crippen molar-refractivity contribution in [1.29, 1.82) is 0 Å². The predicted molar refractivity (Wildman–Crippen MR) is 106 cm³/mol. The number of ether oxygens (including phenoxy) is 2. The Balaban J connectivity index is 0.00000163. The molecule has 2 aromatic rings. The lowest BCUT2D eigenvalue weighted by molar-refractivity contribution is -0.136. The molecule has 0 unspecified atom stereocenters. The molecule has 26 heavy (non-hydrogen) atoms. The third kappa shape index (κ3) is 5.31. The van der Waals surface area contributed by atoms with Gasteiger partial charge in [-0.25, -0.2) is 4.79 Å². The normalized spacial score (nSPS) is 10.2. The van der Waals surface area contributed by atoms with E-state index in [2.05, 4.69) is 11.3 Å². The van der Waals surface area contributed by atoms with E-state index in [-0.39, 0.29) is 17.8 Å². The minimum absolute atomic E-state index is 0.110. The number of hydrogen-bond acceptors (Lipinski definition) is 4. The Morgan fingerprint density at radius 3 is 2.46 bits per heavy atom. The van der Waals surface area contributed by atoms with Gasteiger partial charge in [-0.3, -0.25) is 4.79 Å². The van der Waals surface area contributed by atoms with Crippen LogP contribution in [0.5, 0.6) is 5.75 Å². The summed E-state index contributed by atoms with van der Waals surface area (Å²) in [5, 5.41) is 1.72. The Bertz CT molecular complexity index is 803. The summed E-state index contributed by atoms with van der Waals surface area (Å²) in [7, 11) is 1.27. The van der Waals surface area contributed by atoms with Crippen LogP contribution in [0.2, 0.25) is 0 Å². The van der Waals surface area contributed by atoms with Gasteiger partial charge in [0.1, 0.15) is 12.4 Å². The highest BCUT2D eigenvalue weighted by Crippen LogP contribution is 2.30. The van der Waals surface area contributed by atoms with E-state index in [1.165, 1.54) is 7.11 Å². The number of benzene rings is 2. The maximum Gasteiger partial charge on any atom is 0.333 e. The summed E-state index contributed by atoms with van der Waals surface area (Å²) in [6, 6.07) is 11.3. The standard InChI is InChI=1S/C20H20O4.C2H6/c1-4-5-12-24-18-11-10-15-8-6-7-9-16(15)19(18)17(21)13-14(2)20(22)23-3;1-2/h4-11H,2,12-13H2,1,3H3;1-2H3/b5-4-;. The average Bonchev–Trinajstić information content (AvgIpc) is 2.68. The van der Waals surface area contributed by atoms with Crippen molar-refractivity contribution in [3.8, 4) is 5.75 Å². The lowest BCUT2D eigenvalue weighted by atomic mass is 9.96. The first-order valence-electron chi connectivity index (χ1n) is 8.63. The number of allylic oxidation sites excluding steroid dienone is 1. The molecule has 0 aliphatic heterocycles. The van der Waals surface area contributed by atoms with Crippen LogP contribution in [0.4, 0.5) is 0 Å². The number of Topliss-reactive ketones (excluding diaryl/α,β-unsaturated/α-hetero) is 1. The van der Waals surface area contributed by atoms with E-state index in [0.29, 0.717) is 17.9 Å². The largest absolute Gasteiger partial charge is 0.489 e. The molecule has 0 saturated heterocycles. The minimum Gasteiger partial charge on any atom is -0.489 e. The topological polar surface area (TPSA) is 52.6 Å². The Hall–Kier alpha value is -2.88. The highest BCUT2D eigenvalue weighted by Gasteiger charge is 2.20. The summed E-state index contributed by atoms with van der Waals surface area (Å²) in [4.78, 5) is 24.3. The fourth-order valence-corrected chi connectivity index (χ4v) is 2.39. The molecule has 2 aromatic carbocycles. The molecule has 0 spiro atoms. The summed E-state index contributed by atoms with van der Waals surface area (Å²) in [5.41, 5.74) is 0.581. The molecule has 4 heteroatoms. The Kier molecular flexibility index (Phi) is 8.85. The lowest BCUT2D eigenvalue weighted by Crippen LogP contribution is -2.11. The van der Waals surface area contributed by atoms with E-state index in [1.807, 2.05) is 63.3 Å². The average molecular weight is 354 g/mol.